The fourth-order valence-electron chi connectivity index (χ4n) is 2.80. The second-order valence-electron chi connectivity index (χ2n) is 6.64. The summed E-state index contributed by atoms with van der Waals surface area (Å²) in [7, 11) is -2.51. The SMILES string of the molecule is CCOC(O[Si](C)(C)C)(C1C=CC2=C(C=C1)CC=C2)C(F)(F)F. The van der Waals surface area contributed by atoms with E-state index >= 15 is 0 Å². The summed E-state index contributed by atoms with van der Waals surface area (Å²) < 4.78 is 52.8. The minimum Gasteiger partial charge on any atom is -0.383 e. The summed E-state index contributed by atoms with van der Waals surface area (Å²) in [5.74, 6) is -3.66. The van der Waals surface area contributed by atoms with Crippen LogP contribution < -0.4 is 0 Å². The van der Waals surface area contributed by atoms with Crippen LogP contribution in [-0.2, 0) is 9.16 Å². The Morgan fingerprint density at radius 1 is 1.13 bits per heavy atom. The average Bonchev–Trinajstić information content (AvgIpc) is 2.74. The zero-order valence-corrected chi connectivity index (χ0v) is 14.9. The molecule has 2 unspecified atom stereocenters. The molecule has 2 nitrogen and oxygen atoms in total. The van der Waals surface area contributed by atoms with E-state index in [0.717, 1.165) is 17.6 Å². The normalized spacial score (nSPS) is 23.9. The third-order valence-corrected chi connectivity index (χ3v) is 4.56. The van der Waals surface area contributed by atoms with Crippen LogP contribution in [0.5, 0.6) is 0 Å². The van der Waals surface area contributed by atoms with E-state index < -0.39 is 26.2 Å². The highest BCUT2D eigenvalue weighted by Gasteiger charge is 2.62. The van der Waals surface area contributed by atoms with Gasteiger partial charge >= 0.3 is 6.18 Å². The van der Waals surface area contributed by atoms with Crippen molar-refractivity contribution in [2.45, 2.75) is 44.9 Å². The monoisotopic (exact) mass is 344 g/mol. The largest absolute Gasteiger partial charge is 0.443 e. The molecule has 0 fully saturated rings. The summed E-state index contributed by atoms with van der Waals surface area (Å²) in [6.45, 7) is 6.68. The first-order chi connectivity index (χ1) is 10.6. The van der Waals surface area contributed by atoms with Crippen LogP contribution in [0.3, 0.4) is 0 Å². The summed E-state index contributed by atoms with van der Waals surface area (Å²) in [4.78, 5) is 0. The van der Waals surface area contributed by atoms with Crippen molar-refractivity contribution in [1.82, 2.24) is 0 Å². The number of rotatable bonds is 5. The van der Waals surface area contributed by atoms with Gasteiger partial charge in [0.05, 0.1) is 5.92 Å². The molecule has 128 valence electrons. The predicted octanol–water partition coefficient (Wildman–Crippen LogP) is 5.13. The molecule has 23 heavy (non-hydrogen) atoms. The molecule has 0 bridgehead atoms. The Morgan fingerprint density at radius 3 is 2.35 bits per heavy atom. The van der Waals surface area contributed by atoms with Gasteiger partial charge < -0.3 is 9.16 Å². The molecule has 0 spiro atoms. The molecule has 0 saturated heterocycles. The highest BCUT2D eigenvalue weighted by atomic mass is 28.4. The fourth-order valence-corrected chi connectivity index (χ4v) is 4.02. The van der Waals surface area contributed by atoms with E-state index in [-0.39, 0.29) is 6.61 Å². The Morgan fingerprint density at radius 2 is 1.78 bits per heavy atom. The van der Waals surface area contributed by atoms with Crippen molar-refractivity contribution in [1.29, 1.82) is 0 Å². The topological polar surface area (TPSA) is 18.5 Å². The number of allylic oxidation sites excluding steroid dienone is 6. The maximum absolute atomic E-state index is 14.0. The third-order valence-electron chi connectivity index (χ3n) is 3.64. The standard InChI is InChI=1S/C17H23F3O2Si/c1-5-21-16(17(18,19)20,22-23(2,3)4)15-11-9-13-7-6-8-14(13)10-12-15/h6-7,9-12,15H,5,8H2,1-4H3. The first-order valence-electron chi connectivity index (χ1n) is 7.76. The minimum absolute atomic E-state index is 0.0742. The lowest BCUT2D eigenvalue weighted by Gasteiger charge is -2.42. The number of ether oxygens (including phenoxy) is 1. The maximum atomic E-state index is 14.0. The Labute approximate surface area is 136 Å². The third kappa shape index (κ3) is 3.87. The molecular weight excluding hydrogens is 321 g/mol. The van der Waals surface area contributed by atoms with E-state index in [9.17, 15) is 13.2 Å². The zero-order chi connectivity index (χ0) is 17.3. The van der Waals surface area contributed by atoms with Gasteiger partial charge in [0, 0.05) is 6.61 Å². The van der Waals surface area contributed by atoms with Gasteiger partial charge in [0.2, 0.25) is 0 Å². The van der Waals surface area contributed by atoms with E-state index in [1.807, 2.05) is 12.2 Å². The number of hydrogen-bond donors (Lipinski definition) is 0. The number of hydrogen-bond acceptors (Lipinski definition) is 2. The van der Waals surface area contributed by atoms with Crippen LogP contribution in [0.1, 0.15) is 13.3 Å². The van der Waals surface area contributed by atoms with Gasteiger partial charge in [-0.3, -0.25) is 0 Å². The van der Waals surface area contributed by atoms with E-state index in [1.165, 1.54) is 6.08 Å². The summed E-state index contributed by atoms with van der Waals surface area (Å²) >= 11 is 0. The van der Waals surface area contributed by atoms with Crippen molar-refractivity contribution in [3.8, 4) is 0 Å². The van der Waals surface area contributed by atoms with Crippen molar-refractivity contribution in [2.75, 3.05) is 6.61 Å². The van der Waals surface area contributed by atoms with Crippen LogP contribution in [-0.4, -0.2) is 26.9 Å². The zero-order valence-electron chi connectivity index (χ0n) is 13.9. The summed E-state index contributed by atoms with van der Waals surface area (Å²) in [6.07, 6.45) is 6.61. The van der Waals surface area contributed by atoms with Crippen molar-refractivity contribution < 1.29 is 22.3 Å². The van der Waals surface area contributed by atoms with Gasteiger partial charge in [-0.25, -0.2) is 0 Å². The van der Waals surface area contributed by atoms with E-state index in [1.54, 1.807) is 44.8 Å². The number of halogens is 3. The van der Waals surface area contributed by atoms with Crippen LogP contribution in [0.4, 0.5) is 13.2 Å². The Hall–Kier alpha value is -1.11. The first-order valence-corrected chi connectivity index (χ1v) is 11.2. The molecule has 2 rings (SSSR count). The lowest BCUT2D eigenvalue weighted by molar-refractivity contribution is -0.365. The van der Waals surface area contributed by atoms with Gasteiger partial charge in [0.1, 0.15) is 0 Å². The van der Waals surface area contributed by atoms with Gasteiger partial charge in [-0.1, -0.05) is 36.5 Å². The molecule has 0 radical (unpaired) electrons. The Bertz CT molecular complexity index is 567. The Kier molecular flexibility index (Phi) is 5.08. The van der Waals surface area contributed by atoms with Crippen LogP contribution in [0, 0.1) is 5.92 Å². The molecular formula is C17H23F3O2Si. The average molecular weight is 344 g/mol. The summed E-state index contributed by atoms with van der Waals surface area (Å²) in [6, 6.07) is 0. The van der Waals surface area contributed by atoms with Crippen LogP contribution in [0.15, 0.2) is 47.6 Å². The molecule has 2 aliphatic rings. The van der Waals surface area contributed by atoms with Crippen LogP contribution in [0.2, 0.25) is 19.6 Å². The fraction of sp³-hybridized carbons (Fsp3) is 0.529. The molecule has 0 aliphatic heterocycles. The van der Waals surface area contributed by atoms with E-state index in [4.69, 9.17) is 9.16 Å². The molecule has 0 heterocycles. The maximum Gasteiger partial charge on any atom is 0.443 e. The molecule has 0 aromatic carbocycles. The van der Waals surface area contributed by atoms with Crippen molar-refractivity contribution in [2.24, 2.45) is 5.92 Å². The van der Waals surface area contributed by atoms with Gasteiger partial charge in [0.25, 0.3) is 5.79 Å². The summed E-state index contributed by atoms with van der Waals surface area (Å²) in [5.41, 5.74) is 1.97. The molecule has 0 saturated carbocycles. The smallest absolute Gasteiger partial charge is 0.383 e. The second-order valence-corrected chi connectivity index (χ2v) is 11.1. The van der Waals surface area contributed by atoms with E-state index in [2.05, 4.69) is 0 Å². The minimum atomic E-state index is -4.63. The summed E-state index contributed by atoms with van der Waals surface area (Å²) in [5, 5.41) is 0. The van der Waals surface area contributed by atoms with Gasteiger partial charge in [-0.2, -0.15) is 13.2 Å². The molecule has 0 amide bonds. The predicted molar refractivity (Wildman–Crippen MR) is 87.4 cm³/mol. The second kappa shape index (κ2) is 6.41. The van der Waals surface area contributed by atoms with E-state index in [0.29, 0.717) is 0 Å². The molecule has 2 atom stereocenters. The lowest BCUT2D eigenvalue weighted by Crippen LogP contribution is -2.59. The molecule has 6 heteroatoms. The van der Waals surface area contributed by atoms with Crippen molar-refractivity contribution >= 4 is 8.32 Å². The van der Waals surface area contributed by atoms with Crippen LogP contribution in [0.25, 0.3) is 0 Å². The van der Waals surface area contributed by atoms with Gasteiger partial charge in [-0.15, -0.1) is 0 Å². The highest BCUT2D eigenvalue weighted by Crippen LogP contribution is 2.45. The first kappa shape index (κ1) is 18.2. The Balaban J connectivity index is 2.45. The molecule has 0 N–H and O–H groups in total. The number of alkyl halides is 3. The van der Waals surface area contributed by atoms with Crippen molar-refractivity contribution in [3.05, 3.63) is 47.6 Å². The molecule has 0 aromatic rings. The molecule has 2 aliphatic carbocycles. The van der Waals surface area contributed by atoms with Crippen LogP contribution >= 0.6 is 0 Å². The van der Waals surface area contributed by atoms with Gasteiger partial charge in [-0.05, 0) is 44.1 Å². The van der Waals surface area contributed by atoms with Crippen molar-refractivity contribution in [3.63, 3.8) is 0 Å². The van der Waals surface area contributed by atoms with Gasteiger partial charge in [0.15, 0.2) is 8.32 Å². The lowest BCUT2D eigenvalue weighted by atomic mass is 9.96. The highest BCUT2D eigenvalue weighted by molar-refractivity contribution is 6.69. The molecule has 0 aromatic heterocycles. The quantitative estimate of drug-likeness (QED) is 0.508.